The lowest BCUT2D eigenvalue weighted by Gasteiger charge is -2.49. The summed E-state index contributed by atoms with van der Waals surface area (Å²) < 4.78 is 54.0. The maximum Gasteiger partial charge on any atom is 0.311 e. The van der Waals surface area contributed by atoms with E-state index in [1.54, 1.807) is 71.5 Å². The van der Waals surface area contributed by atoms with Crippen LogP contribution >= 0.6 is 11.6 Å². The first-order chi connectivity index (χ1) is 32.3. The molecular weight excluding hydrogens is 917 g/mol. The molecule has 17 nitrogen and oxygen atoms in total. The number of nitrogens with zero attached hydrogens (tertiary/aromatic N) is 5. The van der Waals surface area contributed by atoms with Gasteiger partial charge < -0.3 is 63.8 Å². The Kier molecular flexibility index (Phi) is 20.0. The molecule has 0 radical (unpaired) electrons. The topological polar surface area (TPSA) is 211 Å². The van der Waals surface area contributed by atoms with Crippen LogP contribution in [0.15, 0.2) is 30.5 Å². The third-order valence-electron chi connectivity index (χ3n) is 15.3. The smallest absolute Gasteiger partial charge is 0.311 e. The molecule has 1 aromatic heterocycles. The lowest BCUT2D eigenvalue weighted by Crippen LogP contribution is -2.61. The van der Waals surface area contributed by atoms with E-state index in [4.69, 9.17) is 40.0 Å². The minimum Gasteiger partial charge on any atom is -0.459 e. The van der Waals surface area contributed by atoms with Gasteiger partial charge in [0.25, 0.3) is 0 Å². The summed E-state index contributed by atoms with van der Waals surface area (Å²) in [6.07, 6.45) is -6.66. The van der Waals surface area contributed by atoms with E-state index in [2.05, 4.69) is 10.3 Å². The lowest BCUT2D eigenvalue weighted by molar-refractivity contribution is -0.318. The first-order valence-electron chi connectivity index (χ1n) is 24.7. The van der Waals surface area contributed by atoms with Crippen molar-refractivity contribution in [2.24, 2.45) is 17.8 Å². The summed E-state index contributed by atoms with van der Waals surface area (Å²) >= 11 is 6.05. The van der Waals surface area contributed by atoms with Crippen LogP contribution in [0.1, 0.15) is 112 Å². The van der Waals surface area contributed by atoms with E-state index < -0.39 is 115 Å². The van der Waals surface area contributed by atoms with Crippen molar-refractivity contribution in [1.29, 1.82) is 0 Å². The predicted octanol–water partition coefficient (Wildman–Crippen LogP) is 4.51. The van der Waals surface area contributed by atoms with E-state index in [9.17, 15) is 34.7 Å². The summed E-state index contributed by atoms with van der Waals surface area (Å²) in [6.45, 7) is 17.7. The van der Waals surface area contributed by atoms with Crippen molar-refractivity contribution in [3.05, 3.63) is 46.7 Å². The zero-order valence-corrected chi connectivity index (χ0v) is 43.8. The van der Waals surface area contributed by atoms with E-state index in [1.807, 2.05) is 49.9 Å². The summed E-state index contributed by atoms with van der Waals surface area (Å²) in [7, 11) is 5.22. The van der Waals surface area contributed by atoms with Crippen LogP contribution < -0.4 is 0 Å². The molecule has 4 heterocycles. The minimum absolute atomic E-state index is 0.0911. The van der Waals surface area contributed by atoms with Gasteiger partial charge in [-0.3, -0.25) is 4.79 Å². The highest BCUT2D eigenvalue weighted by molar-refractivity contribution is 6.30. The number of carbonyl (C=O) groups excluding carboxylic acids is 1. The summed E-state index contributed by atoms with van der Waals surface area (Å²) in [6, 6.07) is 5.68. The highest BCUT2D eigenvalue weighted by atomic mass is 35.5. The Hall–Kier alpha value is -2.43. The summed E-state index contributed by atoms with van der Waals surface area (Å²) in [5.41, 5.74) is -2.98. The standard InChI is InChI=1S/C50H83ClFN5O12/c1-14-39-50(10,63)43(59)32(6)56(12)26-28(2)23-48(8,62)45(30(4)42(31(5)46(61)67-39)68-40-24-49(9,64-13)44(60)33(7)66-40)69-47-41(58)38(21-29(3)65-47)55(11)20-19-36-27-57(54-53-36)37(25-52)22-34-15-17-35(51)18-16-34/h15-18,27-33,37-45,47,58-60,62-63H,14,19-26H2,1-13H3/t28-,29-,30+,31-,32-,33+,37+,38+,39-,40+,41-,42+,43-,44+,45-,47+,48-,49-,50-/m1/s1. The van der Waals surface area contributed by atoms with Gasteiger partial charge in [-0.25, -0.2) is 9.07 Å². The first kappa shape index (κ1) is 57.5. The lowest BCUT2D eigenvalue weighted by atomic mass is 9.77. The number of aromatic nitrogens is 3. The number of rotatable bonds is 14. The molecule has 0 unspecified atom stereocenters. The minimum atomic E-state index is -1.84. The number of alkyl halides is 1. The fourth-order valence-electron chi connectivity index (χ4n) is 10.8. The van der Waals surface area contributed by atoms with Gasteiger partial charge in [-0.2, -0.15) is 0 Å². The second kappa shape index (κ2) is 24.1. The van der Waals surface area contributed by atoms with E-state index in [0.29, 0.717) is 43.1 Å². The molecule has 394 valence electrons. The van der Waals surface area contributed by atoms with Crippen molar-refractivity contribution < 1.29 is 63.1 Å². The number of likely N-dealkylation sites (N-methyl/N-ethyl adjacent to an activating group) is 2. The number of methoxy groups -OCH3 is 1. The van der Waals surface area contributed by atoms with Gasteiger partial charge in [0.1, 0.15) is 36.7 Å². The number of cyclic esters (lactones) is 1. The molecule has 3 saturated heterocycles. The van der Waals surface area contributed by atoms with Crippen LogP contribution in [0.2, 0.25) is 5.02 Å². The molecule has 3 fully saturated rings. The Morgan fingerprint density at radius 3 is 2.29 bits per heavy atom. The summed E-state index contributed by atoms with van der Waals surface area (Å²) in [4.78, 5) is 18.4. The molecule has 69 heavy (non-hydrogen) atoms. The van der Waals surface area contributed by atoms with E-state index in [0.717, 1.165) is 5.56 Å². The van der Waals surface area contributed by atoms with Gasteiger partial charge in [0.05, 0.1) is 53.3 Å². The molecule has 0 saturated carbocycles. The second-order valence-electron chi connectivity index (χ2n) is 21.3. The van der Waals surface area contributed by atoms with E-state index in [1.165, 1.54) is 14.0 Å². The maximum absolute atomic E-state index is 14.5. The highest BCUT2D eigenvalue weighted by Gasteiger charge is 2.53. The number of esters is 1. The monoisotopic (exact) mass is 1000 g/mol. The first-order valence-corrected chi connectivity index (χ1v) is 25.1. The Morgan fingerprint density at radius 1 is 1.00 bits per heavy atom. The Morgan fingerprint density at radius 2 is 1.67 bits per heavy atom. The number of carbonyl (C=O) groups is 1. The molecule has 3 aliphatic rings. The normalized spacial score (nSPS) is 40.8. The van der Waals surface area contributed by atoms with Crippen molar-refractivity contribution in [1.82, 2.24) is 24.8 Å². The highest BCUT2D eigenvalue weighted by Crippen LogP contribution is 2.40. The van der Waals surface area contributed by atoms with Crippen LogP contribution in [0.25, 0.3) is 0 Å². The van der Waals surface area contributed by atoms with Crippen molar-refractivity contribution >= 4 is 17.6 Å². The maximum atomic E-state index is 14.5. The molecule has 5 N–H and O–H groups in total. The molecule has 0 spiro atoms. The molecule has 2 aromatic rings. The van der Waals surface area contributed by atoms with Crippen molar-refractivity contribution in [3.8, 4) is 0 Å². The second-order valence-corrected chi connectivity index (χ2v) is 21.7. The number of hydrogen-bond donors (Lipinski definition) is 5. The molecule has 19 heteroatoms. The third-order valence-corrected chi connectivity index (χ3v) is 15.6. The van der Waals surface area contributed by atoms with Crippen LogP contribution in [-0.4, -0.2) is 188 Å². The van der Waals surface area contributed by atoms with Gasteiger partial charge in [-0.1, -0.05) is 49.7 Å². The molecule has 3 aliphatic heterocycles. The van der Waals surface area contributed by atoms with E-state index in [-0.39, 0.29) is 31.3 Å². The summed E-state index contributed by atoms with van der Waals surface area (Å²) in [5, 5.41) is 68.8. The van der Waals surface area contributed by atoms with E-state index >= 15 is 0 Å². The predicted molar refractivity (Wildman–Crippen MR) is 257 cm³/mol. The number of aliphatic hydroxyl groups is 5. The largest absolute Gasteiger partial charge is 0.459 e. The molecule has 0 bridgehead atoms. The number of ether oxygens (including phenoxy) is 6. The third kappa shape index (κ3) is 13.8. The molecule has 0 amide bonds. The molecule has 1 aromatic carbocycles. The van der Waals surface area contributed by atoms with Crippen molar-refractivity contribution in [3.63, 3.8) is 0 Å². The molecule has 19 atom stereocenters. The Bertz CT molecular complexity index is 1920. The Balaban J connectivity index is 1.45. The van der Waals surface area contributed by atoms with Gasteiger partial charge in [0.2, 0.25) is 0 Å². The van der Waals surface area contributed by atoms with Crippen LogP contribution in [-0.2, 0) is 46.1 Å². The quantitative estimate of drug-likeness (QED) is 0.165. The molecule has 0 aliphatic carbocycles. The fraction of sp³-hybridized carbons (Fsp3) is 0.820. The number of halogens is 2. The van der Waals surface area contributed by atoms with Gasteiger partial charge in [0.15, 0.2) is 12.6 Å². The van der Waals surface area contributed by atoms with Crippen LogP contribution in [0.3, 0.4) is 0 Å². The van der Waals surface area contributed by atoms with Crippen LogP contribution in [0, 0.1) is 17.8 Å². The zero-order chi connectivity index (χ0) is 51.3. The number of aliphatic hydroxyl groups excluding tert-OH is 3. The zero-order valence-electron chi connectivity index (χ0n) is 43.1. The van der Waals surface area contributed by atoms with Crippen molar-refractivity contribution in [2.75, 3.05) is 41.0 Å². The average Bonchev–Trinajstić information content (AvgIpc) is 3.77. The van der Waals surface area contributed by atoms with Gasteiger partial charge in [-0.15, -0.1) is 5.10 Å². The van der Waals surface area contributed by atoms with Crippen LogP contribution in [0.4, 0.5) is 4.39 Å². The number of hydrogen-bond acceptors (Lipinski definition) is 16. The van der Waals surface area contributed by atoms with Gasteiger partial charge in [-0.05, 0) is 112 Å². The molecular formula is C50H83ClFN5O12. The number of benzene rings is 1. The summed E-state index contributed by atoms with van der Waals surface area (Å²) in [5.74, 6) is -2.83. The van der Waals surface area contributed by atoms with Gasteiger partial charge in [0, 0.05) is 62.3 Å². The Labute approximate surface area is 413 Å². The molecule has 5 rings (SSSR count). The van der Waals surface area contributed by atoms with Gasteiger partial charge >= 0.3 is 5.97 Å². The average molecular weight is 1000 g/mol. The SMILES string of the molecule is CC[C@H]1OC(=O)[C@H](C)[C@@H](O[C@H]2C[C@@](C)(OC)[C@@H](O)[C@H](C)O2)[C@H](C)[C@@H](O[C@@H]2O[C@H](C)C[C@H](N(C)CCc3cn([C@H](CF)Cc4ccc(Cl)cc4)nn3)[C@H]2O)[C@](C)(O)C[C@@H](C)CN(C)[C@H](C)[C@@H](O)[C@]1(C)O. The fourth-order valence-corrected chi connectivity index (χ4v) is 11.0. The van der Waals surface area contributed by atoms with Crippen LogP contribution in [0.5, 0.6) is 0 Å². The van der Waals surface area contributed by atoms with Crippen molar-refractivity contribution in [2.45, 2.75) is 204 Å².